The number of Topliss-reactive ketones (excluding diaryl/α,β-unsaturated/α-hetero) is 1. The molecule has 45 heavy (non-hydrogen) atoms. The molecule has 4 fully saturated rings. The predicted octanol–water partition coefficient (Wildman–Crippen LogP) is 2.61. The van der Waals surface area contributed by atoms with Crippen LogP contribution in [0.5, 0.6) is 0 Å². The van der Waals surface area contributed by atoms with Gasteiger partial charge in [0.15, 0.2) is 18.3 Å². The van der Waals surface area contributed by atoms with Crippen LogP contribution < -0.4 is 0 Å². The van der Waals surface area contributed by atoms with Gasteiger partial charge in [0.25, 0.3) is 0 Å². The average molecular weight is 629 g/mol. The van der Waals surface area contributed by atoms with E-state index in [1.807, 2.05) is 6.92 Å². The topological polar surface area (TPSA) is 153 Å². The maximum atomic E-state index is 13.6. The fourth-order valence-corrected chi connectivity index (χ4v) is 8.38. The van der Waals surface area contributed by atoms with Gasteiger partial charge in [0.05, 0.1) is 30.8 Å². The van der Waals surface area contributed by atoms with Crippen LogP contribution in [-0.2, 0) is 57.1 Å². The van der Waals surface area contributed by atoms with Crippen molar-refractivity contribution >= 4 is 29.7 Å². The summed E-state index contributed by atoms with van der Waals surface area (Å²) in [7, 11) is 0. The average Bonchev–Trinajstić information content (AvgIpc) is 3.76. The molecule has 4 heterocycles. The summed E-state index contributed by atoms with van der Waals surface area (Å²) in [5.74, 6) is -3.25. The van der Waals surface area contributed by atoms with Gasteiger partial charge in [0.1, 0.15) is 18.3 Å². The molecule has 0 amide bonds. The number of esters is 4. The molecule has 1 saturated carbocycles. The number of hydrogen-bond acceptors (Lipinski definition) is 12. The highest BCUT2D eigenvalue weighted by molar-refractivity contribution is 5.92. The number of ketones is 1. The maximum Gasteiger partial charge on any atom is 0.330 e. The zero-order valence-electron chi connectivity index (χ0n) is 26.1. The Bertz CT molecular complexity index is 1390. The Hall–Kier alpha value is -3.35. The third-order valence-electron chi connectivity index (χ3n) is 10.9. The Morgan fingerprint density at radius 1 is 1.00 bits per heavy atom. The van der Waals surface area contributed by atoms with Crippen LogP contribution in [0.2, 0.25) is 0 Å². The Balaban J connectivity index is 1.41. The van der Waals surface area contributed by atoms with E-state index in [-0.39, 0.29) is 38.6 Å². The summed E-state index contributed by atoms with van der Waals surface area (Å²) in [5, 5.41) is 0. The van der Waals surface area contributed by atoms with Gasteiger partial charge in [-0.05, 0) is 44.6 Å². The monoisotopic (exact) mass is 628 g/mol. The summed E-state index contributed by atoms with van der Waals surface area (Å²) in [6, 6.07) is 0. The van der Waals surface area contributed by atoms with Crippen molar-refractivity contribution in [2.75, 3.05) is 26.4 Å². The second kappa shape index (κ2) is 11.5. The standard InChI is InChI=1S/C33H40O12/c1-19-8-11-31-17-40-28(38)14-22-9-12-41-32(29(22)43-21(3)35,23(36)16-39-20(2)34)10-6-5-7-27(37)45-24-15-26(44-25(31)13-19)33(18-42-33)30(24,31)4/h5,7,13-14,24-26,29H,6,8-12,15-18H2,1-4H3/b7-5-,22-14+/t24-,25-,26-,29-,30-,31-,32-,33+/m1/s1. The van der Waals surface area contributed by atoms with E-state index in [1.165, 1.54) is 31.6 Å². The molecule has 0 aromatic rings. The van der Waals surface area contributed by atoms with Crippen LogP contribution >= 0.6 is 0 Å². The van der Waals surface area contributed by atoms with E-state index in [1.54, 1.807) is 6.08 Å². The lowest BCUT2D eigenvalue weighted by molar-refractivity contribution is -0.232. The smallest absolute Gasteiger partial charge is 0.330 e. The molecule has 0 aromatic heterocycles. The number of epoxide rings is 1. The predicted molar refractivity (Wildman–Crippen MR) is 153 cm³/mol. The van der Waals surface area contributed by atoms with Gasteiger partial charge in [-0.3, -0.25) is 14.4 Å². The molecule has 2 spiro atoms. The van der Waals surface area contributed by atoms with Crippen molar-refractivity contribution in [3.8, 4) is 0 Å². The largest absolute Gasteiger partial charge is 0.462 e. The highest BCUT2D eigenvalue weighted by Crippen LogP contribution is 2.72. The molecule has 2 aliphatic carbocycles. The molecule has 244 valence electrons. The van der Waals surface area contributed by atoms with Gasteiger partial charge in [-0.25, -0.2) is 9.59 Å². The van der Waals surface area contributed by atoms with Gasteiger partial charge >= 0.3 is 23.9 Å². The second-order valence-electron chi connectivity index (χ2n) is 13.2. The SMILES string of the molecule is CC(=O)OCC(=O)[C@@]12CC/C=C\C(=O)O[C@@H]3C[C@H]4O[C@@H]5C=C(C)CC[C@]5(COC(=O)/C=C(\CCO1)[C@H]2OC(C)=O)[C@]3(C)[C@]41CO1. The van der Waals surface area contributed by atoms with Gasteiger partial charge in [0, 0.05) is 37.8 Å². The van der Waals surface area contributed by atoms with Crippen LogP contribution in [0.15, 0.2) is 35.5 Å². The molecule has 0 unspecified atom stereocenters. The van der Waals surface area contributed by atoms with Gasteiger partial charge < -0.3 is 33.2 Å². The van der Waals surface area contributed by atoms with E-state index in [0.29, 0.717) is 25.0 Å². The Morgan fingerprint density at radius 2 is 1.78 bits per heavy atom. The number of hydrogen-bond donors (Lipinski definition) is 0. The summed E-state index contributed by atoms with van der Waals surface area (Å²) < 4.78 is 41.7. The minimum absolute atomic E-state index is 0.0271. The summed E-state index contributed by atoms with van der Waals surface area (Å²) in [6.45, 7) is 6.30. The molecule has 6 rings (SSSR count). The van der Waals surface area contributed by atoms with E-state index in [0.717, 1.165) is 6.42 Å². The van der Waals surface area contributed by atoms with Crippen LogP contribution in [0.3, 0.4) is 0 Å². The van der Waals surface area contributed by atoms with E-state index in [2.05, 4.69) is 13.0 Å². The number of rotatable bonds is 4. The number of allylic oxidation sites excluding steroid dienone is 2. The highest BCUT2D eigenvalue weighted by atomic mass is 16.6. The number of carbonyl (C=O) groups excluding carboxylic acids is 5. The minimum Gasteiger partial charge on any atom is -0.462 e. The lowest BCUT2D eigenvalue weighted by Crippen LogP contribution is -2.66. The molecule has 4 aliphatic heterocycles. The van der Waals surface area contributed by atoms with Gasteiger partial charge in [-0.15, -0.1) is 0 Å². The molecule has 0 N–H and O–H groups in total. The molecule has 0 aromatic carbocycles. The van der Waals surface area contributed by atoms with Crippen LogP contribution in [0.1, 0.15) is 66.2 Å². The lowest BCUT2D eigenvalue weighted by atomic mass is 9.51. The van der Waals surface area contributed by atoms with Gasteiger partial charge in [-0.1, -0.05) is 24.6 Å². The molecule has 12 nitrogen and oxygen atoms in total. The number of carbonyl (C=O) groups is 5. The lowest BCUT2D eigenvalue weighted by Gasteiger charge is -2.58. The van der Waals surface area contributed by atoms with Crippen LogP contribution in [-0.4, -0.2) is 91.7 Å². The number of ether oxygens (including phenoxy) is 7. The quantitative estimate of drug-likeness (QED) is 0.195. The fourth-order valence-electron chi connectivity index (χ4n) is 8.38. The van der Waals surface area contributed by atoms with Crippen molar-refractivity contribution in [3.63, 3.8) is 0 Å². The third-order valence-corrected chi connectivity index (χ3v) is 10.9. The Morgan fingerprint density at radius 3 is 2.49 bits per heavy atom. The Kier molecular flexibility index (Phi) is 8.06. The van der Waals surface area contributed by atoms with Crippen molar-refractivity contribution in [1.82, 2.24) is 0 Å². The van der Waals surface area contributed by atoms with Crippen molar-refractivity contribution in [2.24, 2.45) is 10.8 Å². The molecule has 0 radical (unpaired) electrons. The second-order valence-corrected chi connectivity index (χ2v) is 13.2. The van der Waals surface area contributed by atoms with E-state index >= 15 is 0 Å². The molecule has 6 aliphatic rings. The number of fused-ring (bicyclic) bond motifs is 2. The van der Waals surface area contributed by atoms with Crippen molar-refractivity contribution < 1.29 is 57.1 Å². The van der Waals surface area contributed by atoms with Gasteiger partial charge in [0.2, 0.25) is 5.78 Å². The van der Waals surface area contributed by atoms with Crippen LogP contribution in [0.4, 0.5) is 0 Å². The minimum atomic E-state index is -1.78. The molecular weight excluding hydrogens is 588 g/mol. The zero-order chi connectivity index (χ0) is 32.2. The summed E-state index contributed by atoms with van der Waals surface area (Å²) in [4.78, 5) is 64.4. The van der Waals surface area contributed by atoms with Crippen molar-refractivity contribution in [1.29, 1.82) is 0 Å². The molecule has 3 saturated heterocycles. The first-order chi connectivity index (χ1) is 21.4. The van der Waals surface area contributed by atoms with Crippen molar-refractivity contribution in [2.45, 2.75) is 102 Å². The molecule has 12 heteroatoms. The highest BCUT2D eigenvalue weighted by Gasteiger charge is 2.83. The van der Waals surface area contributed by atoms with E-state index in [4.69, 9.17) is 33.2 Å². The molecular formula is C33H40O12. The fraction of sp³-hybridized carbons (Fsp3) is 0.667. The third kappa shape index (κ3) is 5.05. The first kappa shape index (κ1) is 31.6. The first-order valence-electron chi connectivity index (χ1n) is 15.6. The summed E-state index contributed by atoms with van der Waals surface area (Å²) in [6.07, 6.45) is 5.83. The van der Waals surface area contributed by atoms with Gasteiger partial charge in [-0.2, -0.15) is 0 Å². The van der Waals surface area contributed by atoms with Crippen molar-refractivity contribution in [3.05, 3.63) is 35.5 Å². The van der Waals surface area contributed by atoms with E-state index in [9.17, 15) is 24.0 Å². The molecule has 8 atom stereocenters. The summed E-state index contributed by atoms with van der Waals surface area (Å²) in [5.41, 5.74) is -2.40. The normalized spacial score (nSPS) is 42.6. The number of cyclic esters (lactones) is 1. The maximum absolute atomic E-state index is 13.6. The zero-order valence-corrected chi connectivity index (χ0v) is 26.1. The van der Waals surface area contributed by atoms with Crippen LogP contribution in [0.25, 0.3) is 0 Å². The van der Waals surface area contributed by atoms with E-state index < -0.39 is 76.6 Å². The first-order valence-corrected chi connectivity index (χ1v) is 15.6. The molecule has 4 bridgehead atoms. The van der Waals surface area contributed by atoms with Crippen LogP contribution in [0, 0.1) is 10.8 Å². The Labute approximate surface area is 261 Å². The summed E-state index contributed by atoms with van der Waals surface area (Å²) >= 11 is 0.